The monoisotopic (exact) mass is 461 g/mol. The number of benzene rings is 1. The summed E-state index contributed by atoms with van der Waals surface area (Å²) in [5.74, 6) is 1.17. The van der Waals surface area contributed by atoms with Gasteiger partial charge >= 0.3 is 0 Å². The second-order valence-electron chi connectivity index (χ2n) is 8.94. The SMILES string of the molecule is CO[C@@H]1CC[C@@H](C)c2cc(Nc3cc4cc(-c5cncc(N)c5C)c(F)c(N)c4cn3)nn2C1. The van der Waals surface area contributed by atoms with Gasteiger partial charge in [0.05, 0.1) is 30.2 Å². The van der Waals surface area contributed by atoms with Gasteiger partial charge in [0.25, 0.3) is 0 Å². The van der Waals surface area contributed by atoms with E-state index in [0.717, 1.165) is 30.3 Å². The number of hydrogen-bond donors (Lipinski definition) is 3. The Balaban J connectivity index is 1.52. The quantitative estimate of drug-likeness (QED) is 0.375. The molecule has 1 aromatic carbocycles. The van der Waals surface area contributed by atoms with Crippen molar-refractivity contribution in [3.63, 3.8) is 0 Å². The summed E-state index contributed by atoms with van der Waals surface area (Å²) in [5, 5.41) is 9.31. The molecule has 0 unspecified atom stereocenters. The predicted octanol–water partition coefficient (Wildman–Crippen LogP) is 4.76. The van der Waals surface area contributed by atoms with E-state index in [1.807, 2.05) is 17.7 Å². The Hall–Kier alpha value is -3.72. The van der Waals surface area contributed by atoms with Gasteiger partial charge in [-0.15, -0.1) is 0 Å². The summed E-state index contributed by atoms with van der Waals surface area (Å²) in [6, 6.07) is 5.65. The van der Waals surface area contributed by atoms with Gasteiger partial charge in [-0.3, -0.25) is 9.67 Å². The van der Waals surface area contributed by atoms with Crippen LogP contribution in [0, 0.1) is 12.7 Å². The summed E-state index contributed by atoms with van der Waals surface area (Å²) in [6.45, 7) is 4.76. The lowest BCUT2D eigenvalue weighted by Crippen LogP contribution is -2.18. The summed E-state index contributed by atoms with van der Waals surface area (Å²) >= 11 is 0. The van der Waals surface area contributed by atoms with Crippen LogP contribution in [0.3, 0.4) is 0 Å². The zero-order valence-corrected chi connectivity index (χ0v) is 19.5. The van der Waals surface area contributed by atoms with E-state index in [-0.39, 0.29) is 11.8 Å². The van der Waals surface area contributed by atoms with Crippen LogP contribution in [0.1, 0.15) is 36.9 Å². The van der Waals surface area contributed by atoms with Crippen molar-refractivity contribution in [1.29, 1.82) is 0 Å². The number of hydrogen-bond acceptors (Lipinski definition) is 7. The number of fused-ring (bicyclic) bond motifs is 2. The molecule has 8 nitrogen and oxygen atoms in total. The number of nitrogens with zero attached hydrogens (tertiary/aromatic N) is 4. The van der Waals surface area contributed by atoms with Gasteiger partial charge in [-0.1, -0.05) is 6.92 Å². The highest BCUT2D eigenvalue weighted by Gasteiger charge is 2.23. The predicted molar refractivity (Wildman–Crippen MR) is 132 cm³/mol. The normalized spacial score (nSPS) is 18.0. The van der Waals surface area contributed by atoms with E-state index < -0.39 is 5.82 Å². The van der Waals surface area contributed by atoms with E-state index in [0.29, 0.717) is 39.8 Å². The van der Waals surface area contributed by atoms with Crippen LogP contribution >= 0.6 is 0 Å². The molecule has 2 atom stereocenters. The van der Waals surface area contributed by atoms with Crippen LogP contribution in [0.2, 0.25) is 0 Å². The molecule has 0 saturated carbocycles. The van der Waals surface area contributed by atoms with Gasteiger partial charge < -0.3 is 21.5 Å². The van der Waals surface area contributed by atoms with Gasteiger partial charge in [0.1, 0.15) is 5.82 Å². The molecule has 0 bridgehead atoms. The Labute approximate surface area is 197 Å². The third-order valence-electron chi connectivity index (χ3n) is 6.75. The molecule has 0 radical (unpaired) electrons. The number of anilines is 4. The molecule has 0 amide bonds. The van der Waals surface area contributed by atoms with Crippen LogP contribution in [0.15, 0.2) is 36.8 Å². The summed E-state index contributed by atoms with van der Waals surface area (Å²) in [7, 11) is 1.74. The number of ether oxygens (including phenoxy) is 1. The van der Waals surface area contributed by atoms with E-state index in [4.69, 9.17) is 21.3 Å². The van der Waals surface area contributed by atoms with Crippen molar-refractivity contribution >= 4 is 33.8 Å². The van der Waals surface area contributed by atoms with Crippen LogP contribution in [0.5, 0.6) is 0 Å². The molecule has 0 saturated heterocycles. The average molecular weight is 462 g/mol. The van der Waals surface area contributed by atoms with Crippen molar-refractivity contribution in [2.24, 2.45) is 0 Å². The third-order valence-corrected chi connectivity index (χ3v) is 6.75. The maximum Gasteiger partial charge on any atom is 0.154 e. The van der Waals surface area contributed by atoms with Crippen molar-refractivity contribution < 1.29 is 9.13 Å². The summed E-state index contributed by atoms with van der Waals surface area (Å²) in [6.07, 6.45) is 6.94. The molecule has 1 aliphatic heterocycles. The third kappa shape index (κ3) is 3.81. The van der Waals surface area contributed by atoms with Crippen molar-refractivity contribution in [2.45, 2.75) is 45.3 Å². The van der Waals surface area contributed by atoms with E-state index in [1.54, 1.807) is 31.8 Å². The van der Waals surface area contributed by atoms with Crippen LogP contribution in [0.4, 0.5) is 27.4 Å². The van der Waals surface area contributed by atoms with Gasteiger partial charge in [-0.2, -0.15) is 5.10 Å². The lowest BCUT2D eigenvalue weighted by atomic mass is 9.97. The first kappa shape index (κ1) is 22.1. The first-order chi connectivity index (χ1) is 16.4. The van der Waals surface area contributed by atoms with Gasteiger partial charge in [0, 0.05) is 47.8 Å². The maximum absolute atomic E-state index is 15.2. The smallest absolute Gasteiger partial charge is 0.154 e. The molecular weight excluding hydrogens is 433 g/mol. The molecular formula is C25H28FN7O. The Morgan fingerprint density at radius 2 is 1.91 bits per heavy atom. The second-order valence-corrected chi connectivity index (χ2v) is 8.94. The highest BCUT2D eigenvalue weighted by Crippen LogP contribution is 2.36. The summed E-state index contributed by atoms with van der Waals surface area (Å²) < 4.78 is 22.8. The molecule has 3 aromatic heterocycles. The highest BCUT2D eigenvalue weighted by atomic mass is 19.1. The fraction of sp³-hybridized carbons (Fsp3) is 0.320. The van der Waals surface area contributed by atoms with E-state index >= 15 is 4.39 Å². The van der Waals surface area contributed by atoms with Crippen LogP contribution in [-0.2, 0) is 11.3 Å². The molecule has 0 fully saturated rings. The summed E-state index contributed by atoms with van der Waals surface area (Å²) in [5.41, 5.74) is 15.6. The summed E-state index contributed by atoms with van der Waals surface area (Å²) in [4.78, 5) is 8.57. The van der Waals surface area contributed by atoms with E-state index in [9.17, 15) is 0 Å². The topological polar surface area (TPSA) is 117 Å². The van der Waals surface area contributed by atoms with Gasteiger partial charge in [-0.05, 0) is 48.8 Å². The van der Waals surface area contributed by atoms with Crippen molar-refractivity contribution in [3.8, 4) is 11.1 Å². The van der Waals surface area contributed by atoms with Crippen molar-refractivity contribution in [1.82, 2.24) is 19.7 Å². The second kappa shape index (κ2) is 8.57. The zero-order chi connectivity index (χ0) is 24.0. The van der Waals surface area contributed by atoms with E-state index in [2.05, 4.69) is 28.3 Å². The standard InChI is InChI=1S/C25H28FN7O/c1-13-4-5-16(34-3)12-33-21(13)8-23(32-33)31-22-7-15-6-17(18-9-29-11-20(27)14(18)2)24(26)25(28)19(15)10-30-22/h6-11,13,16H,4-5,12,27-28H2,1-3H3,(H,30,31,32)/t13-,16-/m1/s1. The molecule has 34 heavy (non-hydrogen) atoms. The molecule has 0 aliphatic carbocycles. The van der Waals surface area contributed by atoms with Gasteiger partial charge in [-0.25, -0.2) is 9.37 Å². The van der Waals surface area contributed by atoms with Crippen molar-refractivity contribution in [3.05, 3.63) is 53.9 Å². The molecule has 176 valence electrons. The van der Waals surface area contributed by atoms with Crippen molar-refractivity contribution in [2.75, 3.05) is 23.9 Å². The Kier molecular flexibility index (Phi) is 5.57. The molecule has 5 N–H and O–H groups in total. The first-order valence-electron chi connectivity index (χ1n) is 11.3. The molecule has 5 rings (SSSR count). The number of nitrogens with two attached hydrogens (primary N) is 2. The number of rotatable bonds is 4. The zero-order valence-electron chi connectivity index (χ0n) is 19.5. The van der Waals surface area contributed by atoms with E-state index in [1.165, 1.54) is 5.69 Å². The number of methoxy groups -OCH3 is 1. The average Bonchev–Trinajstić information content (AvgIpc) is 3.16. The number of aromatic nitrogens is 4. The molecule has 4 heterocycles. The first-order valence-corrected chi connectivity index (χ1v) is 11.3. The lowest BCUT2D eigenvalue weighted by molar-refractivity contribution is 0.0795. The van der Waals surface area contributed by atoms with Crippen LogP contribution in [-0.4, -0.2) is 33.0 Å². The Bertz CT molecular complexity index is 1380. The van der Waals surface area contributed by atoms with Gasteiger partial charge in [0.2, 0.25) is 0 Å². The Morgan fingerprint density at radius 1 is 1.09 bits per heavy atom. The molecule has 1 aliphatic rings. The largest absolute Gasteiger partial charge is 0.397 e. The lowest BCUT2D eigenvalue weighted by Gasteiger charge is -2.13. The number of pyridine rings is 2. The minimum Gasteiger partial charge on any atom is -0.397 e. The number of nitrogens with one attached hydrogen (secondary N) is 1. The molecule has 4 aromatic rings. The highest BCUT2D eigenvalue weighted by molar-refractivity contribution is 5.98. The van der Waals surface area contributed by atoms with Gasteiger partial charge in [0.15, 0.2) is 11.6 Å². The number of halogens is 1. The number of nitrogen functional groups attached to an aromatic ring is 2. The fourth-order valence-corrected chi connectivity index (χ4v) is 4.60. The minimum absolute atomic E-state index is 0.0431. The van der Waals surface area contributed by atoms with Crippen LogP contribution in [0.25, 0.3) is 21.9 Å². The minimum atomic E-state index is -0.509. The maximum atomic E-state index is 15.2. The molecule has 9 heteroatoms. The molecule has 0 spiro atoms. The fourth-order valence-electron chi connectivity index (χ4n) is 4.60. The van der Waals surface area contributed by atoms with Crippen LogP contribution < -0.4 is 16.8 Å². The Morgan fingerprint density at radius 3 is 2.71 bits per heavy atom.